The van der Waals surface area contributed by atoms with Crippen LogP contribution in [0.3, 0.4) is 0 Å². The highest BCUT2D eigenvalue weighted by Crippen LogP contribution is 2.34. The number of allylic oxidation sites excluding steroid dienone is 1. The highest BCUT2D eigenvalue weighted by Gasteiger charge is 2.18. The van der Waals surface area contributed by atoms with Crippen molar-refractivity contribution in [3.05, 3.63) is 54.0 Å². The van der Waals surface area contributed by atoms with E-state index in [1.807, 2.05) is 30.6 Å². The van der Waals surface area contributed by atoms with E-state index >= 15 is 0 Å². The summed E-state index contributed by atoms with van der Waals surface area (Å²) in [6.45, 7) is 5.56. The van der Waals surface area contributed by atoms with Crippen LogP contribution in [0.5, 0.6) is 0 Å². The second-order valence-electron chi connectivity index (χ2n) is 9.44. The molecule has 3 aromatic rings. The fourth-order valence-corrected chi connectivity index (χ4v) is 4.91. The van der Waals surface area contributed by atoms with Gasteiger partial charge in [0.15, 0.2) is 5.82 Å². The molecule has 0 unspecified atom stereocenters. The first-order chi connectivity index (χ1) is 17.8. The standard InChI is InChI=1S/C27H34N8O/c28-16-23(17-29-8-3-9-35-10-12-36-13-11-35)21-14-25-24(30-18-21)6-7-26(32-25)33-27-15-22(19-31-34-27)20-4-1-2-5-20/h6-7,14-20,28-29H,1-5,8-13H2,(H,32,33,34)/b23-17+,28-16?. The highest BCUT2D eigenvalue weighted by molar-refractivity contribution is 6.08. The Morgan fingerprint density at radius 3 is 2.78 bits per heavy atom. The molecule has 3 N–H and O–H groups in total. The number of pyridine rings is 2. The second kappa shape index (κ2) is 12.0. The molecule has 9 heteroatoms. The van der Waals surface area contributed by atoms with Gasteiger partial charge in [-0.1, -0.05) is 12.8 Å². The number of nitrogens with zero attached hydrogens (tertiary/aromatic N) is 5. The van der Waals surface area contributed by atoms with Gasteiger partial charge in [0, 0.05) is 49.4 Å². The van der Waals surface area contributed by atoms with Gasteiger partial charge in [-0.2, -0.15) is 5.10 Å². The van der Waals surface area contributed by atoms with Gasteiger partial charge in [0.25, 0.3) is 0 Å². The Hall–Kier alpha value is -3.43. The van der Waals surface area contributed by atoms with Crippen molar-refractivity contribution in [1.29, 1.82) is 5.41 Å². The number of morpholine rings is 1. The summed E-state index contributed by atoms with van der Waals surface area (Å²) in [5, 5.41) is 23.0. The third-order valence-electron chi connectivity index (χ3n) is 6.94. The summed E-state index contributed by atoms with van der Waals surface area (Å²) in [5.41, 5.74) is 4.43. The number of anilines is 2. The summed E-state index contributed by atoms with van der Waals surface area (Å²) in [5.74, 6) is 1.98. The molecule has 1 aliphatic heterocycles. The topological polar surface area (TPSA) is 112 Å². The average Bonchev–Trinajstić information content (AvgIpc) is 3.46. The van der Waals surface area contributed by atoms with Crippen LogP contribution in [-0.4, -0.2) is 70.7 Å². The Morgan fingerprint density at radius 1 is 1.08 bits per heavy atom. The molecule has 1 saturated carbocycles. The van der Waals surface area contributed by atoms with Gasteiger partial charge in [-0.05, 0) is 61.6 Å². The van der Waals surface area contributed by atoms with Crippen molar-refractivity contribution < 1.29 is 4.74 Å². The fourth-order valence-electron chi connectivity index (χ4n) is 4.91. The van der Waals surface area contributed by atoms with Crippen molar-refractivity contribution in [2.45, 2.75) is 38.0 Å². The van der Waals surface area contributed by atoms with E-state index in [0.717, 1.165) is 68.0 Å². The first-order valence-corrected chi connectivity index (χ1v) is 12.9. The molecular formula is C27H34N8O. The van der Waals surface area contributed by atoms with Crippen LogP contribution in [0.1, 0.15) is 49.1 Å². The van der Waals surface area contributed by atoms with Crippen molar-refractivity contribution >= 4 is 34.5 Å². The van der Waals surface area contributed by atoms with Gasteiger partial charge in [-0.15, -0.1) is 5.10 Å². The normalized spacial score (nSPS) is 17.4. The van der Waals surface area contributed by atoms with Gasteiger partial charge in [0.1, 0.15) is 5.82 Å². The lowest BCUT2D eigenvalue weighted by atomic mass is 10.0. The maximum absolute atomic E-state index is 7.90. The van der Waals surface area contributed by atoms with Crippen LogP contribution in [-0.2, 0) is 4.74 Å². The predicted molar refractivity (Wildman–Crippen MR) is 143 cm³/mol. The zero-order chi connectivity index (χ0) is 24.6. The molecule has 4 heterocycles. The maximum atomic E-state index is 7.90. The van der Waals surface area contributed by atoms with Crippen LogP contribution >= 0.6 is 0 Å². The summed E-state index contributed by atoms with van der Waals surface area (Å²) in [6, 6.07) is 7.91. The lowest BCUT2D eigenvalue weighted by Gasteiger charge is -2.26. The van der Waals surface area contributed by atoms with Gasteiger partial charge in [-0.3, -0.25) is 9.88 Å². The number of rotatable bonds is 10. The molecule has 0 aromatic carbocycles. The third-order valence-corrected chi connectivity index (χ3v) is 6.94. The Labute approximate surface area is 211 Å². The molecule has 1 aliphatic carbocycles. The predicted octanol–water partition coefficient (Wildman–Crippen LogP) is 4.12. The van der Waals surface area contributed by atoms with Crippen LogP contribution in [0, 0.1) is 5.41 Å². The van der Waals surface area contributed by atoms with Gasteiger partial charge in [0.05, 0.1) is 30.4 Å². The molecular weight excluding hydrogens is 452 g/mol. The summed E-state index contributed by atoms with van der Waals surface area (Å²) >= 11 is 0. The van der Waals surface area contributed by atoms with Crippen LogP contribution in [0.15, 0.2) is 42.9 Å². The van der Waals surface area contributed by atoms with E-state index in [9.17, 15) is 0 Å². The van der Waals surface area contributed by atoms with E-state index in [4.69, 9.17) is 15.1 Å². The number of aromatic nitrogens is 4. The molecule has 9 nitrogen and oxygen atoms in total. The second-order valence-corrected chi connectivity index (χ2v) is 9.44. The quantitative estimate of drug-likeness (QED) is 0.290. The Bertz CT molecular complexity index is 1200. The van der Waals surface area contributed by atoms with Gasteiger partial charge < -0.3 is 20.8 Å². The first kappa shape index (κ1) is 24.3. The van der Waals surface area contributed by atoms with E-state index in [0.29, 0.717) is 17.6 Å². The lowest BCUT2D eigenvalue weighted by molar-refractivity contribution is 0.0375. The number of ether oxygens (including phenoxy) is 1. The fraction of sp³-hybridized carbons (Fsp3) is 0.444. The van der Waals surface area contributed by atoms with Crippen molar-refractivity contribution in [1.82, 2.24) is 30.4 Å². The van der Waals surface area contributed by atoms with Gasteiger partial charge in [0.2, 0.25) is 0 Å². The summed E-state index contributed by atoms with van der Waals surface area (Å²) in [6.07, 6.45) is 13.0. The van der Waals surface area contributed by atoms with E-state index < -0.39 is 0 Å². The van der Waals surface area contributed by atoms with Gasteiger partial charge >= 0.3 is 0 Å². The number of hydrogen-bond acceptors (Lipinski definition) is 9. The SMILES string of the molecule is N=C/C(=C\NCCCN1CCOCC1)c1cnc2ccc(Nc3cc(C4CCCC4)cnn3)nc2c1. The van der Waals surface area contributed by atoms with Crippen molar-refractivity contribution in [3.8, 4) is 0 Å². The molecule has 0 radical (unpaired) electrons. The minimum absolute atomic E-state index is 0.580. The van der Waals surface area contributed by atoms with Crippen LogP contribution in [0.4, 0.5) is 11.6 Å². The smallest absolute Gasteiger partial charge is 0.154 e. The Kier molecular flexibility index (Phi) is 8.10. The molecule has 2 aliphatic rings. The van der Waals surface area contributed by atoms with Crippen molar-refractivity contribution in [2.24, 2.45) is 0 Å². The maximum Gasteiger partial charge on any atom is 0.154 e. The minimum Gasteiger partial charge on any atom is -0.390 e. The zero-order valence-corrected chi connectivity index (χ0v) is 20.6. The van der Waals surface area contributed by atoms with E-state index in [1.54, 1.807) is 6.20 Å². The lowest BCUT2D eigenvalue weighted by Crippen LogP contribution is -2.37. The van der Waals surface area contributed by atoms with Crippen molar-refractivity contribution in [2.75, 3.05) is 44.7 Å². The largest absolute Gasteiger partial charge is 0.390 e. The summed E-state index contributed by atoms with van der Waals surface area (Å²) in [4.78, 5) is 11.7. The van der Waals surface area contributed by atoms with E-state index in [2.05, 4.69) is 36.8 Å². The molecule has 36 heavy (non-hydrogen) atoms. The molecule has 2 fully saturated rings. The monoisotopic (exact) mass is 486 g/mol. The van der Waals surface area contributed by atoms with Gasteiger partial charge in [-0.25, -0.2) is 4.98 Å². The number of hydrogen-bond donors (Lipinski definition) is 3. The number of fused-ring (bicyclic) bond motifs is 1. The summed E-state index contributed by atoms with van der Waals surface area (Å²) < 4.78 is 5.40. The molecule has 3 aromatic heterocycles. The molecule has 0 amide bonds. The molecule has 5 rings (SSSR count). The third kappa shape index (κ3) is 6.22. The average molecular weight is 487 g/mol. The van der Waals surface area contributed by atoms with Crippen LogP contribution in [0.25, 0.3) is 16.6 Å². The molecule has 1 saturated heterocycles. The Balaban J connectivity index is 1.23. The first-order valence-electron chi connectivity index (χ1n) is 12.9. The van der Waals surface area contributed by atoms with E-state index in [1.165, 1.54) is 37.5 Å². The molecule has 0 atom stereocenters. The van der Waals surface area contributed by atoms with Crippen LogP contribution < -0.4 is 10.6 Å². The zero-order valence-electron chi connectivity index (χ0n) is 20.6. The Morgan fingerprint density at radius 2 is 1.94 bits per heavy atom. The molecule has 0 bridgehead atoms. The molecule has 0 spiro atoms. The number of nitrogens with one attached hydrogen (secondary N) is 3. The van der Waals surface area contributed by atoms with E-state index in [-0.39, 0.29) is 0 Å². The minimum atomic E-state index is 0.580. The van der Waals surface area contributed by atoms with Crippen molar-refractivity contribution in [3.63, 3.8) is 0 Å². The summed E-state index contributed by atoms with van der Waals surface area (Å²) in [7, 11) is 0. The highest BCUT2D eigenvalue weighted by atomic mass is 16.5. The molecule has 188 valence electrons. The van der Waals surface area contributed by atoms with Crippen LogP contribution in [0.2, 0.25) is 0 Å².